The Balaban J connectivity index is 1.03. The molecule has 56 heavy (non-hydrogen) atoms. The van der Waals surface area contributed by atoms with Crippen molar-refractivity contribution in [3.8, 4) is 61.8 Å². The van der Waals surface area contributed by atoms with Crippen LogP contribution in [0.25, 0.3) is 106 Å². The normalized spacial score (nSPS) is 11.6. The molecule has 0 aliphatic heterocycles. The molecule has 11 aromatic rings. The monoisotopic (exact) mass is 715 g/mol. The molecule has 0 aliphatic carbocycles. The van der Waals surface area contributed by atoms with Crippen molar-refractivity contribution in [3.63, 3.8) is 0 Å². The van der Waals surface area contributed by atoms with Crippen LogP contribution in [0.5, 0.6) is 0 Å². The molecule has 0 fully saturated rings. The van der Waals surface area contributed by atoms with E-state index in [2.05, 4.69) is 180 Å². The Bertz CT molecular complexity index is 3220. The molecule has 262 valence electrons. The van der Waals surface area contributed by atoms with Crippen molar-refractivity contribution in [2.75, 3.05) is 0 Å². The minimum Gasteiger partial charge on any atom is -0.456 e. The molecule has 0 unspecified atom stereocenters. The fourth-order valence-corrected chi connectivity index (χ4v) is 8.04. The highest BCUT2D eigenvalue weighted by Crippen LogP contribution is 2.38. The van der Waals surface area contributed by atoms with Crippen LogP contribution in [0, 0.1) is 0 Å². The number of nitrogens with zero attached hydrogens (tertiary/aromatic N) is 3. The van der Waals surface area contributed by atoms with Gasteiger partial charge < -0.3 is 8.98 Å². The van der Waals surface area contributed by atoms with E-state index in [0.717, 1.165) is 72.3 Å². The van der Waals surface area contributed by atoms with E-state index in [0.29, 0.717) is 5.82 Å². The van der Waals surface area contributed by atoms with E-state index in [1.165, 1.54) is 27.5 Å². The third-order valence-electron chi connectivity index (χ3n) is 10.9. The van der Waals surface area contributed by atoms with E-state index in [-0.39, 0.29) is 0 Å². The van der Waals surface area contributed by atoms with Gasteiger partial charge >= 0.3 is 0 Å². The molecule has 0 N–H and O–H groups in total. The number of para-hydroxylation sites is 2. The predicted octanol–water partition coefficient (Wildman–Crippen LogP) is 13.8. The van der Waals surface area contributed by atoms with E-state index < -0.39 is 0 Å². The van der Waals surface area contributed by atoms with Gasteiger partial charge in [-0.3, -0.25) is 0 Å². The van der Waals surface area contributed by atoms with Gasteiger partial charge in [-0.2, -0.15) is 0 Å². The average Bonchev–Trinajstić information content (AvgIpc) is 3.82. The molecule has 4 heteroatoms. The van der Waals surface area contributed by atoms with Gasteiger partial charge in [0, 0.05) is 43.9 Å². The predicted molar refractivity (Wildman–Crippen MR) is 231 cm³/mol. The molecule has 0 radical (unpaired) electrons. The molecule has 4 nitrogen and oxygen atoms in total. The maximum absolute atomic E-state index is 6.19. The van der Waals surface area contributed by atoms with Crippen LogP contribution in [0.3, 0.4) is 0 Å². The summed E-state index contributed by atoms with van der Waals surface area (Å²) in [5, 5.41) is 4.58. The lowest BCUT2D eigenvalue weighted by atomic mass is 9.99. The van der Waals surface area contributed by atoms with Gasteiger partial charge in [0.15, 0.2) is 5.82 Å². The molecule has 0 saturated carbocycles. The van der Waals surface area contributed by atoms with Crippen LogP contribution in [0.1, 0.15) is 0 Å². The first-order valence-corrected chi connectivity index (χ1v) is 18.9. The SMILES string of the molecule is c1ccc(-c2ccc(-c3ccc(-c4cc(-c5ccccc5)nc(-c5ccc6c7ccccc7n(-c7ccc8oc9ccccc9c8c7)c6c5)n4)cc3)cc2)cc1. The van der Waals surface area contributed by atoms with Crippen LogP contribution in [-0.4, -0.2) is 14.5 Å². The van der Waals surface area contributed by atoms with Gasteiger partial charge in [0.1, 0.15) is 11.2 Å². The minimum atomic E-state index is 0.678. The summed E-state index contributed by atoms with van der Waals surface area (Å²) in [6, 6.07) is 70.3. The van der Waals surface area contributed by atoms with Gasteiger partial charge in [-0.1, -0.05) is 158 Å². The molecule has 0 aliphatic rings. The second kappa shape index (κ2) is 13.1. The van der Waals surface area contributed by atoms with Crippen LogP contribution < -0.4 is 0 Å². The fourth-order valence-electron chi connectivity index (χ4n) is 8.04. The topological polar surface area (TPSA) is 43.9 Å². The van der Waals surface area contributed by atoms with Crippen LogP contribution in [-0.2, 0) is 0 Å². The second-order valence-electron chi connectivity index (χ2n) is 14.2. The largest absolute Gasteiger partial charge is 0.456 e. The Morgan fingerprint density at radius 1 is 0.321 bits per heavy atom. The lowest BCUT2D eigenvalue weighted by molar-refractivity contribution is 0.669. The Labute approximate surface area is 323 Å². The number of aromatic nitrogens is 3. The van der Waals surface area contributed by atoms with Gasteiger partial charge in [0.25, 0.3) is 0 Å². The Kier molecular flexibility index (Phi) is 7.46. The fraction of sp³-hybridized carbons (Fsp3) is 0. The maximum atomic E-state index is 6.19. The summed E-state index contributed by atoms with van der Waals surface area (Å²) in [7, 11) is 0. The molecule has 0 saturated heterocycles. The zero-order valence-corrected chi connectivity index (χ0v) is 30.3. The lowest BCUT2D eigenvalue weighted by Crippen LogP contribution is -1.97. The smallest absolute Gasteiger partial charge is 0.160 e. The van der Waals surface area contributed by atoms with Crippen LogP contribution in [0.2, 0.25) is 0 Å². The van der Waals surface area contributed by atoms with Crippen LogP contribution in [0.15, 0.2) is 205 Å². The molecule has 3 aromatic heterocycles. The van der Waals surface area contributed by atoms with Crippen molar-refractivity contribution < 1.29 is 4.42 Å². The molecular formula is C52H33N3O. The third-order valence-corrected chi connectivity index (χ3v) is 10.9. The average molecular weight is 716 g/mol. The molecule has 3 heterocycles. The molecule has 11 rings (SSSR count). The Hall–Kier alpha value is -7.56. The highest BCUT2D eigenvalue weighted by atomic mass is 16.3. The van der Waals surface area contributed by atoms with Crippen molar-refractivity contribution in [3.05, 3.63) is 200 Å². The van der Waals surface area contributed by atoms with Gasteiger partial charge in [-0.15, -0.1) is 0 Å². The summed E-state index contributed by atoms with van der Waals surface area (Å²) in [5.74, 6) is 0.678. The summed E-state index contributed by atoms with van der Waals surface area (Å²) >= 11 is 0. The van der Waals surface area contributed by atoms with Crippen molar-refractivity contribution in [1.82, 2.24) is 14.5 Å². The van der Waals surface area contributed by atoms with Crippen LogP contribution in [0.4, 0.5) is 0 Å². The number of rotatable bonds is 6. The summed E-state index contributed by atoms with van der Waals surface area (Å²) in [4.78, 5) is 10.4. The standard InChI is InChI=1S/C52H33N3O/c1-3-11-34(12-4-1)35-19-21-36(22-20-35)37-23-25-39(26-24-37)47-33-46(38-13-5-2-6-14-38)53-52(54-47)40-27-29-43-42-15-7-9-17-48(42)55(49(43)31-40)41-28-30-51-45(32-41)44-16-8-10-18-50(44)56-51/h1-33H. The van der Waals surface area contributed by atoms with Crippen molar-refractivity contribution >= 4 is 43.7 Å². The number of hydrogen-bond donors (Lipinski definition) is 0. The number of furan rings is 1. The molecule has 0 amide bonds. The summed E-state index contributed by atoms with van der Waals surface area (Å²) in [5.41, 5.74) is 14.6. The molecule has 0 bridgehead atoms. The summed E-state index contributed by atoms with van der Waals surface area (Å²) in [6.45, 7) is 0. The number of fused-ring (bicyclic) bond motifs is 6. The number of hydrogen-bond acceptors (Lipinski definition) is 3. The third kappa shape index (κ3) is 5.47. The van der Waals surface area contributed by atoms with E-state index in [1.54, 1.807) is 0 Å². The zero-order chi connectivity index (χ0) is 37.0. The van der Waals surface area contributed by atoms with Crippen molar-refractivity contribution in [1.29, 1.82) is 0 Å². The minimum absolute atomic E-state index is 0.678. The van der Waals surface area contributed by atoms with E-state index in [9.17, 15) is 0 Å². The highest BCUT2D eigenvalue weighted by Gasteiger charge is 2.17. The van der Waals surface area contributed by atoms with E-state index in [4.69, 9.17) is 14.4 Å². The second-order valence-corrected chi connectivity index (χ2v) is 14.2. The van der Waals surface area contributed by atoms with Gasteiger partial charge in [-0.05, 0) is 64.7 Å². The molecular weight excluding hydrogens is 683 g/mol. The molecule has 0 atom stereocenters. The van der Waals surface area contributed by atoms with E-state index in [1.807, 2.05) is 24.3 Å². The van der Waals surface area contributed by atoms with Crippen LogP contribution >= 0.6 is 0 Å². The van der Waals surface area contributed by atoms with Gasteiger partial charge in [-0.25, -0.2) is 9.97 Å². The first-order valence-electron chi connectivity index (χ1n) is 18.9. The highest BCUT2D eigenvalue weighted by molar-refractivity contribution is 6.11. The van der Waals surface area contributed by atoms with Crippen molar-refractivity contribution in [2.45, 2.75) is 0 Å². The van der Waals surface area contributed by atoms with Crippen molar-refractivity contribution in [2.24, 2.45) is 0 Å². The number of benzene rings is 8. The van der Waals surface area contributed by atoms with E-state index >= 15 is 0 Å². The molecule has 0 spiro atoms. The van der Waals surface area contributed by atoms with Gasteiger partial charge in [0.05, 0.1) is 22.4 Å². The lowest BCUT2D eigenvalue weighted by Gasteiger charge is -2.12. The quantitative estimate of drug-likeness (QED) is 0.172. The first kappa shape index (κ1) is 31.9. The summed E-state index contributed by atoms with van der Waals surface area (Å²) < 4.78 is 8.54. The molecule has 8 aromatic carbocycles. The maximum Gasteiger partial charge on any atom is 0.160 e. The Morgan fingerprint density at radius 2 is 0.821 bits per heavy atom. The zero-order valence-electron chi connectivity index (χ0n) is 30.3. The summed E-state index contributed by atoms with van der Waals surface area (Å²) in [6.07, 6.45) is 0. The van der Waals surface area contributed by atoms with Gasteiger partial charge in [0.2, 0.25) is 0 Å². The first-order chi connectivity index (χ1) is 27.7. The Morgan fingerprint density at radius 3 is 1.52 bits per heavy atom.